The lowest BCUT2D eigenvalue weighted by molar-refractivity contribution is 0.104. The highest BCUT2D eigenvalue weighted by atomic mass is 16.3. The summed E-state index contributed by atoms with van der Waals surface area (Å²) in [5, 5.41) is 16.3. The molecule has 118 valence electrons. The summed E-state index contributed by atoms with van der Waals surface area (Å²) in [6.07, 6.45) is 4.01. The number of aromatic nitrogens is 2. The van der Waals surface area contributed by atoms with Crippen LogP contribution in [0, 0.1) is 5.92 Å². The van der Waals surface area contributed by atoms with E-state index in [1.807, 2.05) is 13.1 Å². The molecule has 0 spiro atoms. The summed E-state index contributed by atoms with van der Waals surface area (Å²) in [6.45, 7) is 7.20. The molecule has 3 N–H and O–H groups in total. The summed E-state index contributed by atoms with van der Waals surface area (Å²) < 4.78 is 0. The predicted octanol–water partition coefficient (Wildman–Crippen LogP) is 2.78. The van der Waals surface area contributed by atoms with Crippen LogP contribution in [-0.2, 0) is 5.41 Å². The maximum absolute atomic E-state index is 9.75. The van der Waals surface area contributed by atoms with Crippen molar-refractivity contribution < 1.29 is 5.11 Å². The topological polar surface area (TPSA) is 70.1 Å². The lowest BCUT2D eigenvalue weighted by Gasteiger charge is -2.26. The monoisotopic (exact) mass is 292 g/mol. The third kappa shape index (κ3) is 4.56. The molecule has 5 heteroatoms. The van der Waals surface area contributed by atoms with Crippen LogP contribution < -0.4 is 10.6 Å². The van der Waals surface area contributed by atoms with Gasteiger partial charge >= 0.3 is 0 Å². The van der Waals surface area contributed by atoms with Crippen molar-refractivity contribution in [2.75, 3.05) is 24.2 Å². The Kier molecular flexibility index (Phi) is 5.04. The molecule has 0 amide bonds. The maximum atomic E-state index is 9.75. The highest BCUT2D eigenvalue weighted by molar-refractivity contribution is 5.47. The van der Waals surface area contributed by atoms with E-state index < -0.39 is 0 Å². The summed E-state index contributed by atoms with van der Waals surface area (Å²) in [4.78, 5) is 9.16. The predicted molar refractivity (Wildman–Crippen MR) is 86.7 cm³/mol. The molecule has 0 bridgehead atoms. The zero-order valence-corrected chi connectivity index (χ0v) is 13.6. The first-order valence-electron chi connectivity index (χ1n) is 7.87. The van der Waals surface area contributed by atoms with Crippen molar-refractivity contribution in [3.8, 4) is 0 Å². The van der Waals surface area contributed by atoms with E-state index in [2.05, 4.69) is 41.4 Å². The summed E-state index contributed by atoms with van der Waals surface area (Å²) in [5.41, 5.74) is -0.0790. The van der Waals surface area contributed by atoms with E-state index in [0.717, 1.165) is 43.3 Å². The summed E-state index contributed by atoms with van der Waals surface area (Å²) >= 11 is 0. The van der Waals surface area contributed by atoms with Crippen molar-refractivity contribution in [3.05, 3.63) is 11.9 Å². The largest absolute Gasteiger partial charge is 0.393 e. The smallest absolute Gasteiger partial charge is 0.138 e. The molecule has 1 aromatic rings. The minimum Gasteiger partial charge on any atom is -0.393 e. The number of aliphatic hydroxyl groups excluding tert-OH is 1. The van der Waals surface area contributed by atoms with E-state index in [4.69, 9.17) is 0 Å². The van der Waals surface area contributed by atoms with E-state index in [1.165, 1.54) is 6.42 Å². The van der Waals surface area contributed by atoms with Gasteiger partial charge < -0.3 is 15.7 Å². The van der Waals surface area contributed by atoms with Crippen molar-refractivity contribution in [2.45, 2.75) is 58.0 Å². The Morgan fingerprint density at radius 1 is 1.24 bits per heavy atom. The average Bonchev–Trinajstić information content (AvgIpc) is 2.44. The number of aliphatic hydroxyl groups is 1. The van der Waals surface area contributed by atoms with Gasteiger partial charge in [0, 0.05) is 25.1 Å². The molecular weight excluding hydrogens is 264 g/mol. The Labute approximate surface area is 127 Å². The number of nitrogens with one attached hydrogen (secondary N) is 2. The molecule has 1 fully saturated rings. The first-order chi connectivity index (χ1) is 9.88. The summed E-state index contributed by atoms with van der Waals surface area (Å²) in [7, 11) is 1.87. The van der Waals surface area contributed by atoms with Gasteiger partial charge in [0.2, 0.25) is 0 Å². The van der Waals surface area contributed by atoms with Crippen molar-refractivity contribution >= 4 is 11.6 Å². The van der Waals surface area contributed by atoms with Crippen LogP contribution >= 0.6 is 0 Å². The maximum Gasteiger partial charge on any atom is 0.138 e. The van der Waals surface area contributed by atoms with Crippen molar-refractivity contribution in [1.82, 2.24) is 9.97 Å². The molecule has 21 heavy (non-hydrogen) atoms. The molecule has 0 radical (unpaired) electrons. The molecule has 5 nitrogen and oxygen atoms in total. The molecule has 0 saturated heterocycles. The van der Waals surface area contributed by atoms with E-state index in [9.17, 15) is 5.11 Å². The van der Waals surface area contributed by atoms with E-state index >= 15 is 0 Å². The lowest BCUT2D eigenvalue weighted by Crippen LogP contribution is -2.25. The van der Waals surface area contributed by atoms with Crippen LogP contribution in [0.25, 0.3) is 0 Å². The van der Waals surface area contributed by atoms with Gasteiger partial charge in [-0.2, -0.15) is 0 Å². The van der Waals surface area contributed by atoms with Crippen molar-refractivity contribution in [3.63, 3.8) is 0 Å². The Hall–Kier alpha value is -1.36. The van der Waals surface area contributed by atoms with Crippen LogP contribution in [0.2, 0.25) is 0 Å². The normalized spacial score (nSPS) is 22.9. The minimum atomic E-state index is -0.131. The van der Waals surface area contributed by atoms with Crippen molar-refractivity contribution in [1.29, 1.82) is 0 Å². The fourth-order valence-electron chi connectivity index (χ4n) is 2.70. The van der Waals surface area contributed by atoms with Gasteiger partial charge in [-0.3, -0.25) is 0 Å². The molecule has 1 heterocycles. The molecule has 1 aliphatic carbocycles. The Morgan fingerprint density at radius 2 is 1.95 bits per heavy atom. The SMILES string of the molecule is CNc1cc(NCC2CCCC(O)C2)nc(C(C)(C)C)n1. The highest BCUT2D eigenvalue weighted by Crippen LogP contribution is 2.26. The fourth-order valence-corrected chi connectivity index (χ4v) is 2.70. The van der Waals surface area contributed by atoms with Crippen LogP contribution in [0.15, 0.2) is 6.07 Å². The molecular formula is C16H28N4O. The molecule has 1 saturated carbocycles. The zero-order chi connectivity index (χ0) is 15.5. The quantitative estimate of drug-likeness (QED) is 0.796. The van der Waals surface area contributed by atoms with Crippen LogP contribution in [0.3, 0.4) is 0 Å². The zero-order valence-electron chi connectivity index (χ0n) is 13.6. The van der Waals surface area contributed by atoms with Crippen LogP contribution in [0.4, 0.5) is 11.6 Å². The number of hydrogen-bond donors (Lipinski definition) is 3. The van der Waals surface area contributed by atoms with E-state index in [-0.39, 0.29) is 11.5 Å². The van der Waals surface area contributed by atoms with Gasteiger partial charge in [-0.1, -0.05) is 27.2 Å². The second-order valence-electron chi connectivity index (χ2n) is 7.03. The Bertz CT molecular complexity index is 470. The molecule has 2 unspecified atom stereocenters. The Balaban J connectivity index is 2.05. The van der Waals surface area contributed by atoms with Gasteiger partial charge in [-0.25, -0.2) is 9.97 Å². The lowest BCUT2D eigenvalue weighted by atomic mass is 9.87. The van der Waals surface area contributed by atoms with Crippen LogP contribution in [0.1, 0.15) is 52.3 Å². The minimum absolute atomic E-state index is 0.0790. The fraction of sp³-hybridized carbons (Fsp3) is 0.750. The van der Waals surface area contributed by atoms with Gasteiger partial charge in [-0.15, -0.1) is 0 Å². The molecule has 1 aliphatic rings. The second-order valence-corrected chi connectivity index (χ2v) is 7.03. The third-order valence-corrected chi connectivity index (χ3v) is 3.98. The molecule has 1 aromatic heterocycles. The first kappa shape index (κ1) is 16.0. The second kappa shape index (κ2) is 6.60. The molecule has 2 rings (SSSR count). The summed E-state index contributed by atoms with van der Waals surface area (Å²) in [5.74, 6) is 3.06. The highest BCUT2D eigenvalue weighted by Gasteiger charge is 2.21. The number of nitrogens with zero attached hydrogens (tertiary/aromatic N) is 2. The van der Waals surface area contributed by atoms with Crippen LogP contribution in [-0.4, -0.2) is 34.8 Å². The van der Waals surface area contributed by atoms with Crippen LogP contribution in [0.5, 0.6) is 0 Å². The number of rotatable bonds is 4. The number of hydrogen-bond acceptors (Lipinski definition) is 5. The summed E-state index contributed by atoms with van der Waals surface area (Å²) in [6, 6.07) is 1.94. The van der Waals surface area contributed by atoms with Gasteiger partial charge in [-0.05, 0) is 25.2 Å². The molecule has 0 aromatic carbocycles. The van der Waals surface area contributed by atoms with Crippen molar-refractivity contribution in [2.24, 2.45) is 5.92 Å². The first-order valence-corrected chi connectivity index (χ1v) is 7.87. The molecule has 0 aliphatic heterocycles. The van der Waals surface area contributed by atoms with Gasteiger partial charge in [0.1, 0.15) is 17.5 Å². The van der Waals surface area contributed by atoms with Gasteiger partial charge in [0.05, 0.1) is 6.10 Å². The van der Waals surface area contributed by atoms with Gasteiger partial charge in [0.15, 0.2) is 0 Å². The van der Waals surface area contributed by atoms with E-state index in [0.29, 0.717) is 5.92 Å². The van der Waals surface area contributed by atoms with Gasteiger partial charge in [0.25, 0.3) is 0 Å². The third-order valence-electron chi connectivity index (χ3n) is 3.98. The number of anilines is 2. The van der Waals surface area contributed by atoms with E-state index in [1.54, 1.807) is 0 Å². The average molecular weight is 292 g/mol. The standard InChI is InChI=1S/C16H28N4O/c1-16(2,3)15-19-13(17-4)9-14(20-15)18-10-11-6-5-7-12(21)8-11/h9,11-12,21H,5-8,10H2,1-4H3,(H2,17,18,19,20). The molecule has 2 atom stereocenters. The Morgan fingerprint density at radius 3 is 2.57 bits per heavy atom.